The van der Waals surface area contributed by atoms with Crippen LogP contribution in [0.5, 0.6) is 0 Å². The van der Waals surface area contributed by atoms with Gasteiger partial charge in [0.25, 0.3) is 5.91 Å². The van der Waals surface area contributed by atoms with E-state index in [1.54, 1.807) is 12.0 Å². The number of hydrogen-bond donors (Lipinski definition) is 1. The Kier molecular flexibility index (Phi) is 6.80. The molecule has 0 radical (unpaired) electrons. The van der Waals surface area contributed by atoms with Gasteiger partial charge in [-0.15, -0.1) is 0 Å². The third kappa shape index (κ3) is 5.45. The van der Waals surface area contributed by atoms with E-state index in [-0.39, 0.29) is 10.8 Å². The number of sulfone groups is 1. The van der Waals surface area contributed by atoms with Crippen molar-refractivity contribution in [2.45, 2.75) is 11.3 Å². The fraction of sp³-hybridized carbons (Fsp3) is 0.500. The van der Waals surface area contributed by atoms with Gasteiger partial charge in [-0.3, -0.25) is 4.79 Å². The zero-order chi connectivity index (χ0) is 15.9. The number of nitrogens with two attached hydrogens (primary N) is 1. The van der Waals surface area contributed by atoms with Crippen molar-refractivity contribution in [1.29, 1.82) is 0 Å². The molecule has 0 aromatic heterocycles. The van der Waals surface area contributed by atoms with Crippen LogP contribution in [0.15, 0.2) is 29.2 Å². The average molecular weight is 314 g/mol. The fourth-order valence-electron chi connectivity index (χ4n) is 1.83. The van der Waals surface area contributed by atoms with Crippen molar-refractivity contribution in [2.24, 2.45) is 5.73 Å². The minimum Gasteiger partial charge on any atom is -0.383 e. The van der Waals surface area contributed by atoms with Gasteiger partial charge in [0.2, 0.25) is 0 Å². The van der Waals surface area contributed by atoms with E-state index in [0.717, 1.165) is 6.26 Å². The monoisotopic (exact) mass is 314 g/mol. The summed E-state index contributed by atoms with van der Waals surface area (Å²) in [7, 11) is -1.68. The van der Waals surface area contributed by atoms with E-state index >= 15 is 0 Å². The second-order valence-corrected chi connectivity index (χ2v) is 6.74. The molecule has 1 aromatic rings. The molecule has 1 amide bonds. The Morgan fingerprint density at radius 2 is 1.86 bits per heavy atom. The van der Waals surface area contributed by atoms with E-state index < -0.39 is 9.84 Å². The lowest BCUT2D eigenvalue weighted by Crippen LogP contribution is -2.35. The molecule has 118 valence electrons. The minimum absolute atomic E-state index is 0.152. The van der Waals surface area contributed by atoms with Gasteiger partial charge in [0.15, 0.2) is 9.84 Å². The van der Waals surface area contributed by atoms with E-state index in [1.807, 2.05) is 0 Å². The molecule has 0 fully saturated rings. The van der Waals surface area contributed by atoms with Crippen molar-refractivity contribution in [1.82, 2.24) is 4.90 Å². The molecule has 1 rings (SSSR count). The summed E-state index contributed by atoms with van der Waals surface area (Å²) in [5, 5.41) is 0. The van der Waals surface area contributed by atoms with Gasteiger partial charge < -0.3 is 15.4 Å². The molecule has 0 saturated heterocycles. The van der Waals surface area contributed by atoms with Crippen LogP contribution >= 0.6 is 0 Å². The average Bonchev–Trinajstić information content (AvgIpc) is 2.46. The smallest absolute Gasteiger partial charge is 0.253 e. The highest BCUT2D eigenvalue weighted by Gasteiger charge is 2.16. The van der Waals surface area contributed by atoms with Gasteiger partial charge in [0, 0.05) is 32.0 Å². The first-order valence-electron chi connectivity index (χ1n) is 6.68. The maximum absolute atomic E-state index is 12.4. The second-order valence-electron chi connectivity index (χ2n) is 4.72. The normalized spacial score (nSPS) is 11.4. The third-order valence-electron chi connectivity index (χ3n) is 3.01. The molecule has 1 aromatic carbocycles. The maximum atomic E-state index is 12.4. The Balaban J connectivity index is 2.87. The van der Waals surface area contributed by atoms with E-state index in [4.69, 9.17) is 10.5 Å². The van der Waals surface area contributed by atoms with Gasteiger partial charge in [-0.2, -0.15) is 0 Å². The lowest BCUT2D eigenvalue weighted by Gasteiger charge is -2.22. The predicted octanol–water partition coefficient (Wildman–Crippen LogP) is 0.528. The summed E-state index contributed by atoms with van der Waals surface area (Å²) in [6, 6.07) is 5.95. The number of ether oxygens (including phenoxy) is 1. The molecule has 0 bridgehead atoms. The highest BCUT2D eigenvalue weighted by Crippen LogP contribution is 2.12. The van der Waals surface area contributed by atoms with Gasteiger partial charge >= 0.3 is 0 Å². The number of benzene rings is 1. The van der Waals surface area contributed by atoms with Crippen LogP contribution in [-0.2, 0) is 14.6 Å². The molecule has 0 heterocycles. The van der Waals surface area contributed by atoms with Crippen LogP contribution in [0.2, 0.25) is 0 Å². The molecule has 7 heteroatoms. The number of methoxy groups -OCH3 is 1. The molecular weight excluding hydrogens is 292 g/mol. The highest BCUT2D eigenvalue weighted by atomic mass is 32.2. The molecule has 0 unspecified atom stereocenters. The van der Waals surface area contributed by atoms with Crippen LogP contribution in [0.25, 0.3) is 0 Å². The third-order valence-corrected chi connectivity index (χ3v) is 4.14. The number of amides is 1. The summed E-state index contributed by atoms with van der Waals surface area (Å²) >= 11 is 0. The van der Waals surface area contributed by atoms with E-state index in [2.05, 4.69) is 0 Å². The Morgan fingerprint density at radius 1 is 1.24 bits per heavy atom. The van der Waals surface area contributed by atoms with Gasteiger partial charge in [-0.25, -0.2) is 8.42 Å². The van der Waals surface area contributed by atoms with Crippen LogP contribution in [-0.4, -0.2) is 58.8 Å². The van der Waals surface area contributed by atoms with Crippen molar-refractivity contribution >= 4 is 15.7 Å². The lowest BCUT2D eigenvalue weighted by atomic mass is 10.2. The highest BCUT2D eigenvalue weighted by molar-refractivity contribution is 7.90. The van der Waals surface area contributed by atoms with Crippen LogP contribution in [0.4, 0.5) is 0 Å². The number of hydrogen-bond acceptors (Lipinski definition) is 5. The first-order chi connectivity index (χ1) is 9.90. The summed E-state index contributed by atoms with van der Waals surface area (Å²) < 4.78 is 27.8. The molecule has 0 aliphatic carbocycles. The molecule has 0 aliphatic heterocycles. The quantitative estimate of drug-likeness (QED) is 0.756. The molecule has 21 heavy (non-hydrogen) atoms. The van der Waals surface area contributed by atoms with Gasteiger partial charge in [0.1, 0.15) is 0 Å². The van der Waals surface area contributed by atoms with E-state index in [0.29, 0.717) is 38.2 Å². The zero-order valence-electron chi connectivity index (χ0n) is 12.4. The van der Waals surface area contributed by atoms with Crippen LogP contribution in [0, 0.1) is 0 Å². The topological polar surface area (TPSA) is 89.7 Å². The van der Waals surface area contributed by atoms with Gasteiger partial charge in [-0.05, 0) is 37.2 Å². The standard InChI is InChI=1S/C14H22N2O4S/c1-20-11-10-16(9-3-8-15)14(17)12-4-6-13(7-5-12)21(2,18)19/h4-7H,3,8-11,15H2,1-2H3. The number of carbonyl (C=O) groups is 1. The van der Waals surface area contributed by atoms with Crippen molar-refractivity contribution in [3.8, 4) is 0 Å². The van der Waals surface area contributed by atoms with Crippen molar-refractivity contribution in [2.75, 3.05) is 39.6 Å². The summed E-state index contributed by atoms with van der Waals surface area (Å²) in [5.41, 5.74) is 5.93. The van der Waals surface area contributed by atoms with E-state index in [9.17, 15) is 13.2 Å². The molecule has 0 saturated carbocycles. The summed E-state index contributed by atoms with van der Waals surface area (Å²) in [6.45, 7) is 1.97. The summed E-state index contributed by atoms with van der Waals surface area (Å²) in [5.74, 6) is -0.152. The van der Waals surface area contributed by atoms with Crippen LogP contribution < -0.4 is 5.73 Å². The fourth-order valence-corrected chi connectivity index (χ4v) is 2.46. The number of rotatable bonds is 8. The first-order valence-corrected chi connectivity index (χ1v) is 8.57. The maximum Gasteiger partial charge on any atom is 0.253 e. The van der Waals surface area contributed by atoms with E-state index in [1.165, 1.54) is 24.3 Å². The Labute approximate surface area is 125 Å². The number of carbonyl (C=O) groups excluding carboxylic acids is 1. The van der Waals surface area contributed by atoms with Gasteiger partial charge in [-0.1, -0.05) is 0 Å². The molecule has 2 N–H and O–H groups in total. The predicted molar refractivity (Wildman–Crippen MR) is 81.0 cm³/mol. The van der Waals surface area contributed by atoms with Gasteiger partial charge in [0.05, 0.1) is 11.5 Å². The first kappa shape index (κ1) is 17.6. The molecular formula is C14H22N2O4S. The summed E-state index contributed by atoms with van der Waals surface area (Å²) in [6.07, 6.45) is 1.84. The lowest BCUT2D eigenvalue weighted by molar-refractivity contribution is 0.0694. The molecule has 0 atom stereocenters. The molecule has 0 aliphatic rings. The largest absolute Gasteiger partial charge is 0.383 e. The Morgan fingerprint density at radius 3 is 2.33 bits per heavy atom. The Hall–Kier alpha value is -1.44. The van der Waals surface area contributed by atoms with Crippen LogP contribution in [0.3, 0.4) is 0 Å². The van der Waals surface area contributed by atoms with Crippen molar-refractivity contribution < 1.29 is 17.9 Å². The van der Waals surface area contributed by atoms with Crippen molar-refractivity contribution in [3.05, 3.63) is 29.8 Å². The SMILES string of the molecule is COCCN(CCCN)C(=O)c1ccc(S(C)(=O)=O)cc1. The molecule has 6 nitrogen and oxygen atoms in total. The zero-order valence-corrected chi connectivity index (χ0v) is 13.2. The number of nitrogens with zero attached hydrogens (tertiary/aromatic N) is 1. The minimum atomic E-state index is -3.26. The second kappa shape index (κ2) is 8.11. The Bertz CT molecular complexity index is 547. The summed E-state index contributed by atoms with van der Waals surface area (Å²) in [4.78, 5) is 14.3. The van der Waals surface area contributed by atoms with Crippen LogP contribution in [0.1, 0.15) is 16.8 Å². The van der Waals surface area contributed by atoms with Crippen molar-refractivity contribution in [3.63, 3.8) is 0 Å². The molecule has 0 spiro atoms.